The Balaban J connectivity index is 0.000000148. The zero-order valence-corrected chi connectivity index (χ0v) is 9.79. The normalized spacial score (nSPS) is 12.3. The Bertz CT molecular complexity index is 580. The lowest BCUT2D eigenvalue weighted by atomic mass is 10.1. The van der Waals surface area contributed by atoms with Crippen LogP contribution < -0.4 is 10.3 Å². The van der Waals surface area contributed by atoms with Gasteiger partial charge in [-0.2, -0.15) is 10.6 Å². The molecule has 2 aromatic rings. The topological polar surface area (TPSA) is 104 Å². The van der Waals surface area contributed by atoms with Crippen LogP contribution in [-0.4, -0.2) is 27.2 Å². The average Bonchev–Trinajstić information content (AvgIpc) is 2.93. The van der Waals surface area contributed by atoms with Crippen molar-refractivity contribution in [3.05, 3.63) is 47.8 Å². The summed E-state index contributed by atoms with van der Waals surface area (Å²) in [7, 11) is 0. The second-order valence-corrected chi connectivity index (χ2v) is 3.68. The van der Waals surface area contributed by atoms with E-state index < -0.39 is 5.97 Å². The fourth-order valence-electron chi connectivity index (χ4n) is 1.45. The molecule has 0 fully saturated rings. The van der Waals surface area contributed by atoms with Gasteiger partial charge in [-0.1, -0.05) is 18.2 Å². The lowest BCUT2D eigenvalue weighted by Crippen LogP contribution is -2.32. The fourth-order valence-corrected chi connectivity index (χ4v) is 1.45. The van der Waals surface area contributed by atoms with E-state index in [1.54, 1.807) is 0 Å². The van der Waals surface area contributed by atoms with Crippen molar-refractivity contribution in [2.45, 2.75) is 6.42 Å². The van der Waals surface area contributed by atoms with Crippen molar-refractivity contribution in [1.82, 2.24) is 15.7 Å². The molecule has 1 aromatic heterocycles. The molecule has 1 aliphatic heterocycles. The Hall–Kier alpha value is -2.83. The van der Waals surface area contributed by atoms with Crippen LogP contribution in [0.2, 0.25) is 0 Å². The minimum absolute atomic E-state index is 0.0463. The van der Waals surface area contributed by atoms with E-state index in [-0.39, 0.29) is 11.6 Å². The summed E-state index contributed by atoms with van der Waals surface area (Å²) in [6, 6.07) is 8.86. The number of nitrogens with one attached hydrogen (secondary N) is 2. The van der Waals surface area contributed by atoms with Gasteiger partial charge in [-0.25, -0.2) is 4.79 Å². The fraction of sp³-hybridized carbons (Fsp3) is 0.0833. The largest absolute Gasteiger partial charge is 0.476 e. The quantitative estimate of drug-likeness (QED) is 0.703. The molecule has 1 aliphatic rings. The molecule has 1 amide bonds. The number of amides is 1. The van der Waals surface area contributed by atoms with E-state index in [1.165, 1.54) is 12.3 Å². The summed E-state index contributed by atoms with van der Waals surface area (Å²) in [6.07, 6.45) is 1.87. The smallest absolute Gasteiger partial charge is 0.356 e. The highest BCUT2D eigenvalue weighted by Gasteiger charge is 2.14. The lowest BCUT2D eigenvalue weighted by molar-refractivity contribution is -0.128. The van der Waals surface area contributed by atoms with E-state index in [0.717, 1.165) is 11.3 Å². The molecule has 3 rings (SSSR count). The van der Waals surface area contributed by atoms with Crippen LogP contribution >= 0.6 is 0 Å². The van der Waals surface area contributed by atoms with E-state index in [4.69, 9.17) is 9.94 Å². The van der Waals surface area contributed by atoms with Crippen LogP contribution in [0.25, 0.3) is 0 Å². The van der Waals surface area contributed by atoms with Gasteiger partial charge in [-0.15, -0.1) is 0 Å². The Morgan fingerprint density at radius 3 is 2.74 bits per heavy atom. The predicted molar refractivity (Wildman–Crippen MR) is 64.5 cm³/mol. The van der Waals surface area contributed by atoms with E-state index in [1.807, 2.05) is 24.3 Å². The van der Waals surface area contributed by atoms with Gasteiger partial charge in [-0.05, 0) is 12.1 Å². The third-order valence-electron chi connectivity index (χ3n) is 2.32. The van der Waals surface area contributed by atoms with Crippen LogP contribution in [0.4, 0.5) is 0 Å². The van der Waals surface area contributed by atoms with Gasteiger partial charge in [0.15, 0.2) is 11.4 Å². The maximum absolute atomic E-state index is 10.8. The Morgan fingerprint density at radius 2 is 2.11 bits per heavy atom. The van der Waals surface area contributed by atoms with Crippen molar-refractivity contribution in [3.8, 4) is 5.75 Å². The molecule has 0 bridgehead atoms. The molecule has 0 saturated heterocycles. The Kier molecular flexibility index (Phi) is 3.77. The number of aromatic carboxylic acids is 1. The van der Waals surface area contributed by atoms with E-state index in [2.05, 4.69) is 15.7 Å². The van der Waals surface area contributed by atoms with Crippen LogP contribution in [0.1, 0.15) is 16.1 Å². The maximum atomic E-state index is 10.8. The molecule has 2 heterocycles. The Labute approximate surface area is 108 Å². The number of aromatic amines is 1. The zero-order chi connectivity index (χ0) is 13.7. The van der Waals surface area contributed by atoms with Crippen LogP contribution in [-0.2, 0) is 11.2 Å². The summed E-state index contributed by atoms with van der Waals surface area (Å²) < 4.78 is 0. The number of H-pyrrole nitrogens is 1. The molecular formula is C12H11N3O4. The average molecular weight is 261 g/mol. The van der Waals surface area contributed by atoms with Gasteiger partial charge < -0.3 is 9.94 Å². The number of carboxylic acids is 1. The van der Waals surface area contributed by atoms with Gasteiger partial charge in [0.25, 0.3) is 5.91 Å². The monoisotopic (exact) mass is 261 g/mol. The summed E-state index contributed by atoms with van der Waals surface area (Å²) in [4.78, 5) is 25.7. The number of hydroxylamine groups is 1. The lowest BCUT2D eigenvalue weighted by Gasteiger charge is -2.15. The van der Waals surface area contributed by atoms with E-state index >= 15 is 0 Å². The van der Waals surface area contributed by atoms with E-state index in [9.17, 15) is 9.59 Å². The van der Waals surface area contributed by atoms with Crippen molar-refractivity contribution in [1.29, 1.82) is 0 Å². The van der Waals surface area contributed by atoms with Crippen LogP contribution in [0, 0.1) is 0 Å². The second kappa shape index (κ2) is 5.67. The number of aromatic nitrogens is 2. The number of rotatable bonds is 1. The summed E-state index contributed by atoms with van der Waals surface area (Å²) in [6.45, 7) is 0. The SMILES string of the molecule is O=C(O)c1cc[nH]n1.O=C1Cc2ccccc2ON1. The van der Waals surface area contributed by atoms with Crippen molar-refractivity contribution in [2.75, 3.05) is 0 Å². The van der Waals surface area contributed by atoms with Gasteiger partial charge in [0.05, 0.1) is 6.42 Å². The minimum atomic E-state index is -1.01. The first-order chi connectivity index (χ1) is 9.16. The first-order valence-corrected chi connectivity index (χ1v) is 5.43. The summed E-state index contributed by atoms with van der Waals surface area (Å²) in [5.41, 5.74) is 3.29. The van der Waals surface area contributed by atoms with E-state index in [0.29, 0.717) is 6.42 Å². The molecule has 7 nitrogen and oxygen atoms in total. The number of para-hydroxylation sites is 1. The molecular weight excluding hydrogens is 250 g/mol. The molecule has 0 aliphatic carbocycles. The van der Waals surface area contributed by atoms with Crippen LogP contribution in [0.5, 0.6) is 5.75 Å². The number of carbonyl (C=O) groups excluding carboxylic acids is 1. The first-order valence-electron chi connectivity index (χ1n) is 5.43. The standard InChI is InChI=1S/C8H7NO2.C4H4N2O2/c10-8-5-6-3-1-2-4-7(6)11-9-8;7-4(8)3-1-2-5-6-3/h1-4H,5H2,(H,9,10);1-2H,(H,5,6)(H,7,8). The number of carboxylic acid groups (broad SMARTS) is 1. The number of hydrogen-bond acceptors (Lipinski definition) is 4. The molecule has 19 heavy (non-hydrogen) atoms. The highest BCUT2D eigenvalue weighted by molar-refractivity contribution is 5.84. The Morgan fingerprint density at radius 1 is 1.32 bits per heavy atom. The number of nitrogens with zero attached hydrogens (tertiary/aromatic N) is 1. The molecule has 0 atom stereocenters. The van der Waals surface area contributed by atoms with Gasteiger partial charge in [0.2, 0.25) is 0 Å². The predicted octanol–water partition coefficient (Wildman–Crippen LogP) is 0.761. The third-order valence-corrected chi connectivity index (χ3v) is 2.32. The van der Waals surface area contributed by atoms with Crippen molar-refractivity contribution < 1.29 is 19.5 Å². The zero-order valence-electron chi connectivity index (χ0n) is 9.79. The highest BCUT2D eigenvalue weighted by atomic mass is 16.7. The number of hydrogen-bond donors (Lipinski definition) is 3. The molecule has 0 radical (unpaired) electrons. The molecule has 3 N–H and O–H groups in total. The molecule has 0 saturated carbocycles. The van der Waals surface area contributed by atoms with Gasteiger partial charge in [0.1, 0.15) is 0 Å². The molecule has 98 valence electrons. The van der Waals surface area contributed by atoms with Crippen molar-refractivity contribution in [3.63, 3.8) is 0 Å². The maximum Gasteiger partial charge on any atom is 0.356 e. The summed E-state index contributed by atoms with van der Waals surface area (Å²) in [5.74, 6) is -0.359. The third kappa shape index (κ3) is 3.32. The summed E-state index contributed by atoms with van der Waals surface area (Å²) >= 11 is 0. The summed E-state index contributed by atoms with van der Waals surface area (Å²) in [5, 5.41) is 14.0. The highest BCUT2D eigenvalue weighted by Crippen LogP contribution is 2.19. The van der Waals surface area contributed by atoms with Crippen molar-refractivity contribution >= 4 is 11.9 Å². The van der Waals surface area contributed by atoms with Gasteiger partial charge in [-0.3, -0.25) is 9.89 Å². The van der Waals surface area contributed by atoms with Gasteiger partial charge >= 0.3 is 5.97 Å². The minimum Gasteiger partial charge on any atom is -0.476 e. The molecule has 1 aromatic carbocycles. The number of benzene rings is 1. The van der Waals surface area contributed by atoms with Gasteiger partial charge in [0, 0.05) is 11.8 Å². The van der Waals surface area contributed by atoms with Crippen LogP contribution in [0.15, 0.2) is 36.5 Å². The van der Waals surface area contributed by atoms with Crippen LogP contribution in [0.3, 0.4) is 0 Å². The number of carbonyl (C=O) groups is 2. The number of fused-ring (bicyclic) bond motifs is 1. The van der Waals surface area contributed by atoms with Crippen molar-refractivity contribution in [2.24, 2.45) is 0 Å². The first kappa shape index (κ1) is 12.6. The molecule has 0 spiro atoms. The molecule has 0 unspecified atom stereocenters. The second-order valence-electron chi connectivity index (χ2n) is 3.68. The molecule has 7 heteroatoms.